The van der Waals surface area contributed by atoms with Crippen molar-refractivity contribution in [2.45, 2.75) is 6.92 Å². The van der Waals surface area contributed by atoms with E-state index in [0.29, 0.717) is 0 Å². The summed E-state index contributed by atoms with van der Waals surface area (Å²) in [5, 5.41) is 9.92. The Morgan fingerprint density at radius 2 is 1.85 bits per heavy atom. The van der Waals surface area contributed by atoms with Crippen LogP contribution in [0.4, 0.5) is 0 Å². The van der Waals surface area contributed by atoms with Gasteiger partial charge in [-0.05, 0) is 30.7 Å². The normalized spacial score (nSPS) is 11.2. The summed E-state index contributed by atoms with van der Waals surface area (Å²) < 4.78 is 0. The first kappa shape index (κ1) is 11.2. The fourth-order valence-electron chi connectivity index (χ4n) is 2.75. The number of aryl methyl sites for hydroxylation is 1. The minimum atomic E-state index is 0.988. The molecule has 0 saturated carbocycles. The van der Waals surface area contributed by atoms with Crippen LogP contribution in [0.1, 0.15) is 5.56 Å². The van der Waals surface area contributed by atoms with E-state index in [2.05, 4.69) is 34.2 Å². The van der Waals surface area contributed by atoms with Crippen molar-refractivity contribution >= 4 is 21.8 Å². The monoisotopic (exact) mass is 259 g/mol. The van der Waals surface area contributed by atoms with Crippen molar-refractivity contribution in [2.75, 3.05) is 0 Å². The number of benzene rings is 2. The first-order valence-electron chi connectivity index (χ1n) is 6.62. The molecule has 0 spiro atoms. The Balaban J connectivity index is 2.13. The number of aromatic nitrogens is 3. The van der Waals surface area contributed by atoms with Crippen LogP contribution in [-0.2, 0) is 0 Å². The van der Waals surface area contributed by atoms with Gasteiger partial charge >= 0.3 is 0 Å². The van der Waals surface area contributed by atoms with Gasteiger partial charge in [-0.2, -0.15) is 5.10 Å². The second-order valence-corrected chi connectivity index (χ2v) is 4.95. The zero-order valence-corrected chi connectivity index (χ0v) is 11.1. The van der Waals surface area contributed by atoms with E-state index in [9.17, 15) is 0 Å². The van der Waals surface area contributed by atoms with Crippen molar-refractivity contribution < 1.29 is 0 Å². The Morgan fingerprint density at radius 1 is 0.950 bits per heavy atom. The molecule has 0 bridgehead atoms. The van der Waals surface area contributed by atoms with Crippen molar-refractivity contribution in [3.05, 3.63) is 60.3 Å². The van der Waals surface area contributed by atoms with Gasteiger partial charge in [0, 0.05) is 22.5 Å². The Labute approximate surface area is 116 Å². The smallest absolute Gasteiger partial charge is 0.101 e. The molecule has 0 saturated heterocycles. The lowest BCUT2D eigenvalue weighted by Gasteiger charge is -2.06. The van der Waals surface area contributed by atoms with Crippen LogP contribution in [0, 0.1) is 6.92 Å². The largest absolute Gasteiger partial charge is 0.277 e. The van der Waals surface area contributed by atoms with E-state index < -0.39 is 0 Å². The average molecular weight is 259 g/mol. The summed E-state index contributed by atoms with van der Waals surface area (Å²) >= 11 is 0. The van der Waals surface area contributed by atoms with Crippen LogP contribution in [0.2, 0.25) is 0 Å². The Kier molecular flexibility index (Phi) is 2.33. The Morgan fingerprint density at radius 3 is 2.80 bits per heavy atom. The molecule has 0 unspecified atom stereocenters. The van der Waals surface area contributed by atoms with E-state index in [0.717, 1.165) is 27.7 Å². The van der Waals surface area contributed by atoms with Crippen LogP contribution < -0.4 is 0 Å². The van der Waals surface area contributed by atoms with Gasteiger partial charge in [0.05, 0.1) is 11.0 Å². The SMILES string of the molecule is Cc1cccc2nccc(-c3n[nH]c4ccccc34)c12. The fraction of sp³-hybridized carbons (Fsp3) is 0.0588. The minimum Gasteiger partial charge on any atom is -0.277 e. The predicted octanol–water partition coefficient (Wildman–Crippen LogP) is 4.09. The minimum absolute atomic E-state index is 0.988. The number of pyridine rings is 1. The molecule has 0 atom stereocenters. The predicted molar refractivity (Wildman–Crippen MR) is 81.6 cm³/mol. The Bertz CT molecular complexity index is 916. The van der Waals surface area contributed by atoms with Crippen molar-refractivity contribution in [1.29, 1.82) is 0 Å². The van der Waals surface area contributed by atoms with Gasteiger partial charge in [0.25, 0.3) is 0 Å². The van der Waals surface area contributed by atoms with Gasteiger partial charge in [0.15, 0.2) is 0 Å². The van der Waals surface area contributed by atoms with Gasteiger partial charge in [0.1, 0.15) is 5.69 Å². The standard InChI is InChI=1S/C17H13N3/c1-11-5-4-8-15-16(11)13(9-10-18-15)17-12-6-2-3-7-14(12)19-20-17/h2-10H,1H3,(H,19,20). The molecule has 4 rings (SSSR count). The van der Waals surface area contributed by atoms with E-state index in [1.807, 2.05) is 42.6 Å². The van der Waals surface area contributed by atoms with Gasteiger partial charge in [-0.1, -0.05) is 30.3 Å². The molecule has 0 aliphatic carbocycles. The van der Waals surface area contributed by atoms with Gasteiger partial charge in [-0.25, -0.2) is 0 Å². The van der Waals surface area contributed by atoms with Crippen molar-refractivity contribution in [3.8, 4) is 11.3 Å². The van der Waals surface area contributed by atoms with Gasteiger partial charge in [-0.15, -0.1) is 0 Å². The van der Waals surface area contributed by atoms with Crippen molar-refractivity contribution in [3.63, 3.8) is 0 Å². The highest BCUT2D eigenvalue weighted by Crippen LogP contribution is 2.32. The molecule has 4 aromatic rings. The maximum atomic E-state index is 4.50. The molecule has 1 N–H and O–H groups in total. The highest BCUT2D eigenvalue weighted by molar-refractivity contribution is 6.03. The second-order valence-electron chi connectivity index (χ2n) is 4.95. The maximum Gasteiger partial charge on any atom is 0.101 e. The van der Waals surface area contributed by atoms with Crippen LogP contribution in [0.5, 0.6) is 0 Å². The maximum absolute atomic E-state index is 4.50. The van der Waals surface area contributed by atoms with E-state index in [1.165, 1.54) is 10.9 Å². The number of aromatic amines is 1. The topological polar surface area (TPSA) is 41.6 Å². The molecule has 0 radical (unpaired) electrons. The molecule has 96 valence electrons. The highest BCUT2D eigenvalue weighted by atomic mass is 15.1. The summed E-state index contributed by atoms with van der Waals surface area (Å²) in [7, 11) is 0. The van der Waals surface area contributed by atoms with E-state index in [4.69, 9.17) is 0 Å². The van der Waals surface area contributed by atoms with Crippen LogP contribution in [0.25, 0.3) is 33.1 Å². The number of fused-ring (bicyclic) bond motifs is 2. The molecule has 0 aliphatic rings. The number of nitrogens with one attached hydrogen (secondary N) is 1. The lowest BCUT2D eigenvalue weighted by atomic mass is 10.00. The third-order valence-corrected chi connectivity index (χ3v) is 3.70. The Hall–Kier alpha value is -2.68. The number of rotatable bonds is 1. The van der Waals surface area contributed by atoms with E-state index >= 15 is 0 Å². The molecule has 2 aromatic carbocycles. The lowest BCUT2D eigenvalue weighted by Crippen LogP contribution is -1.88. The first-order valence-corrected chi connectivity index (χ1v) is 6.62. The highest BCUT2D eigenvalue weighted by Gasteiger charge is 2.12. The zero-order valence-electron chi connectivity index (χ0n) is 11.1. The van der Waals surface area contributed by atoms with E-state index in [1.54, 1.807) is 0 Å². The summed E-state index contributed by atoms with van der Waals surface area (Å²) in [4.78, 5) is 4.45. The van der Waals surface area contributed by atoms with Crippen LogP contribution in [0.3, 0.4) is 0 Å². The molecular formula is C17H13N3. The average Bonchev–Trinajstić information content (AvgIpc) is 2.91. The third kappa shape index (κ3) is 1.53. The number of nitrogens with zero attached hydrogens (tertiary/aromatic N) is 2. The van der Waals surface area contributed by atoms with Gasteiger partial charge in [0.2, 0.25) is 0 Å². The first-order chi connectivity index (χ1) is 9.84. The lowest BCUT2D eigenvalue weighted by molar-refractivity contribution is 1.12. The molecule has 20 heavy (non-hydrogen) atoms. The summed E-state index contributed by atoms with van der Waals surface area (Å²) in [5.74, 6) is 0. The quantitative estimate of drug-likeness (QED) is 0.559. The summed E-state index contributed by atoms with van der Waals surface area (Å²) in [6.07, 6.45) is 1.85. The molecule has 0 aliphatic heterocycles. The summed E-state index contributed by atoms with van der Waals surface area (Å²) in [6.45, 7) is 2.11. The van der Waals surface area contributed by atoms with Crippen molar-refractivity contribution in [2.24, 2.45) is 0 Å². The summed E-state index contributed by atoms with van der Waals surface area (Å²) in [5.41, 5.74) is 5.40. The van der Waals surface area contributed by atoms with Crippen LogP contribution in [-0.4, -0.2) is 15.2 Å². The number of hydrogen-bond donors (Lipinski definition) is 1. The van der Waals surface area contributed by atoms with Crippen molar-refractivity contribution in [1.82, 2.24) is 15.2 Å². The molecule has 2 heterocycles. The molecular weight excluding hydrogens is 246 g/mol. The molecule has 0 fully saturated rings. The van der Waals surface area contributed by atoms with Gasteiger partial charge < -0.3 is 0 Å². The fourth-order valence-corrected chi connectivity index (χ4v) is 2.75. The molecule has 2 aromatic heterocycles. The second kappa shape index (κ2) is 4.17. The number of H-pyrrole nitrogens is 1. The number of hydrogen-bond acceptors (Lipinski definition) is 2. The third-order valence-electron chi connectivity index (χ3n) is 3.70. The zero-order chi connectivity index (χ0) is 13.5. The van der Waals surface area contributed by atoms with Crippen LogP contribution >= 0.6 is 0 Å². The molecule has 3 heteroatoms. The van der Waals surface area contributed by atoms with E-state index in [-0.39, 0.29) is 0 Å². The van der Waals surface area contributed by atoms with Crippen LogP contribution in [0.15, 0.2) is 54.7 Å². The molecule has 0 amide bonds. The summed E-state index contributed by atoms with van der Waals surface area (Å²) in [6, 6.07) is 16.4. The molecule has 3 nitrogen and oxygen atoms in total. The van der Waals surface area contributed by atoms with Gasteiger partial charge in [-0.3, -0.25) is 10.1 Å². The number of para-hydroxylation sites is 1.